The third-order valence-corrected chi connectivity index (χ3v) is 3.51. The molecule has 1 atom stereocenters. The minimum Gasteiger partial charge on any atom is -0.294 e. The lowest BCUT2D eigenvalue weighted by atomic mass is 10.1. The zero-order valence-electron chi connectivity index (χ0n) is 11.5. The van der Waals surface area contributed by atoms with Gasteiger partial charge >= 0.3 is 0 Å². The third kappa shape index (κ3) is 2.11. The molecule has 3 aromatic rings. The van der Waals surface area contributed by atoms with Crippen LogP contribution in [0.5, 0.6) is 0 Å². The van der Waals surface area contributed by atoms with Gasteiger partial charge in [0.25, 0.3) is 5.56 Å². The summed E-state index contributed by atoms with van der Waals surface area (Å²) in [5, 5.41) is 4.87. The van der Waals surface area contributed by atoms with Crippen LogP contribution in [0.1, 0.15) is 18.5 Å². The monoisotopic (exact) mass is 268 g/mol. The molecule has 0 aliphatic rings. The molecule has 102 valence electrons. The Hall–Kier alpha value is -2.43. The predicted octanol–water partition coefficient (Wildman–Crippen LogP) is 2.16. The van der Waals surface area contributed by atoms with Crippen molar-refractivity contribution in [2.75, 3.05) is 0 Å². The van der Waals surface area contributed by atoms with E-state index in [-0.39, 0.29) is 11.6 Å². The van der Waals surface area contributed by atoms with Gasteiger partial charge in [0.05, 0.1) is 29.8 Å². The van der Waals surface area contributed by atoms with E-state index in [1.807, 2.05) is 49.0 Å². The van der Waals surface area contributed by atoms with Crippen LogP contribution in [0, 0.1) is 6.92 Å². The standard InChI is InChI=1S/C15H16N4O/c1-11-5-3-6-13-14(11)15(20)19(10-16-13)12(2)9-18-8-4-7-17-18/h3-8,10,12H,9H2,1-2H3. The summed E-state index contributed by atoms with van der Waals surface area (Å²) >= 11 is 0. The first-order chi connectivity index (χ1) is 9.66. The molecule has 0 spiro atoms. The normalized spacial score (nSPS) is 12.7. The molecular formula is C15H16N4O. The van der Waals surface area contributed by atoms with Crippen LogP contribution in [-0.4, -0.2) is 19.3 Å². The first kappa shape index (κ1) is 12.6. The van der Waals surface area contributed by atoms with Crippen molar-refractivity contribution in [2.45, 2.75) is 26.4 Å². The second kappa shape index (κ2) is 4.92. The maximum Gasteiger partial charge on any atom is 0.261 e. The van der Waals surface area contributed by atoms with E-state index < -0.39 is 0 Å². The first-order valence-electron chi connectivity index (χ1n) is 6.60. The molecule has 1 unspecified atom stereocenters. The van der Waals surface area contributed by atoms with Crippen LogP contribution in [0.4, 0.5) is 0 Å². The number of benzene rings is 1. The smallest absolute Gasteiger partial charge is 0.261 e. The van der Waals surface area contributed by atoms with E-state index in [2.05, 4.69) is 10.1 Å². The zero-order valence-corrected chi connectivity index (χ0v) is 11.5. The summed E-state index contributed by atoms with van der Waals surface area (Å²) in [5.41, 5.74) is 1.71. The fourth-order valence-electron chi connectivity index (χ4n) is 2.43. The number of aromatic nitrogens is 4. The highest BCUT2D eigenvalue weighted by Gasteiger charge is 2.12. The van der Waals surface area contributed by atoms with Gasteiger partial charge in [-0.2, -0.15) is 5.10 Å². The number of hydrogen-bond acceptors (Lipinski definition) is 3. The summed E-state index contributed by atoms with van der Waals surface area (Å²) < 4.78 is 3.50. The minimum atomic E-state index is -0.00101. The summed E-state index contributed by atoms with van der Waals surface area (Å²) in [6, 6.07) is 7.60. The number of fused-ring (bicyclic) bond motifs is 1. The average molecular weight is 268 g/mol. The number of hydrogen-bond donors (Lipinski definition) is 0. The van der Waals surface area contributed by atoms with Gasteiger partial charge in [-0.25, -0.2) is 4.98 Å². The van der Waals surface area contributed by atoms with Crippen LogP contribution >= 0.6 is 0 Å². The molecule has 5 nitrogen and oxygen atoms in total. The fraction of sp³-hybridized carbons (Fsp3) is 0.267. The molecule has 2 heterocycles. The van der Waals surface area contributed by atoms with Crippen molar-refractivity contribution in [1.82, 2.24) is 19.3 Å². The molecule has 0 saturated carbocycles. The summed E-state index contributed by atoms with van der Waals surface area (Å²) in [6.07, 6.45) is 5.25. The summed E-state index contributed by atoms with van der Waals surface area (Å²) in [7, 11) is 0. The van der Waals surface area contributed by atoms with Crippen molar-refractivity contribution < 1.29 is 0 Å². The maximum absolute atomic E-state index is 12.6. The predicted molar refractivity (Wildman–Crippen MR) is 77.7 cm³/mol. The molecule has 0 N–H and O–H groups in total. The lowest BCUT2D eigenvalue weighted by Gasteiger charge is -2.15. The Morgan fingerprint density at radius 2 is 2.15 bits per heavy atom. The van der Waals surface area contributed by atoms with E-state index >= 15 is 0 Å². The minimum absolute atomic E-state index is 0.00101. The van der Waals surface area contributed by atoms with Gasteiger partial charge < -0.3 is 0 Å². The van der Waals surface area contributed by atoms with E-state index in [0.717, 1.165) is 11.1 Å². The van der Waals surface area contributed by atoms with Crippen molar-refractivity contribution in [3.05, 3.63) is 58.9 Å². The molecule has 20 heavy (non-hydrogen) atoms. The Bertz CT molecular complexity index is 789. The van der Waals surface area contributed by atoms with Crippen LogP contribution in [-0.2, 0) is 6.54 Å². The molecule has 5 heteroatoms. The Labute approximate surface area is 116 Å². The molecule has 0 saturated heterocycles. The van der Waals surface area contributed by atoms with Crippen LogP contribution in [0.2, 0.25) is 0 Å². The van der Waals surface area contributed by atoms with Gasteiger partial charge in [0, 0.05) is 12.4 Å². The lowest BCUT2D eigenvalue weighted by molar-refractivity contribution is 0.426. The van der Waals surface area contributed by atoms with Crippen molar-refractivity contribution in [3.8, 4) is 0 Å². The Balaban J connectivity index is 2.06. The highest BCUT2D eigenvalue weighted by molar-refractivity contribution is 5.80. The van der Waals surface area contributed by atoms with E-state index in [1.54, 1.807) is 17.1 Å². The molecule has 3 rings (SSSR count). The second-order valence-corrected chi connectivity index (χ2v) is 5.00. The van der Waals surface area contributed by atoms with Gasteiger partial charge in [-0.1, -0.05) is 12.1 Å². The lowest BCUT2D eigenvalue weighted by Crippen LogP contribution is -2.27. The average Bonchev–Trinajstić information content (AvgIpc) is 2.91. The maximum atomic E-state index is 12.6. The molecule has 0 aliphatic heterocycles. The largest absolute Gasteiger partial charge is 0.294 e. The highest BCUT2D eigenvalue weighted by atomic mass is 16.1. The third-order valence-electron chi connectivity index (χ3n) is 3.51. The topological polar surface area (TPSA) is 52.7 Å². The number of aryl methyl sites for hydroxylation is 1. The van der Waals surface area contributed by atoms with Crippen molar-refractivity contribution in [1.29, 1.82) is 0 Å². The van der Waals surface area contributed by atoms with Gasteiger partial charge in [0.15, 0.2) is 0 Å². The van der Waals surface area contributed by atoms with Crippen molar-refractivity contribution in [3.63, 3.8) is 0 Å². The number of rotatable bonds is 3. The van der Waals surface area contributed by atoms with E-state index in [0.29, 0.717) is 11.9 Å². The van der Waals surface area contributed by atoms with Gasteiger partial charge in [-0.3, -0.25) is 14.0 Å². The summed E-state index contributed by atoms with van der Waals surface area (Å²) in [6.45, 7) is 4.58. The Morgan fingerprint density at radius 3 is 2.90 bits per heavy atom. The van der Waals surface area contributed by atoms with Crippen LogP contribution < -0.4 is 5.56 Å². The molecule has 1 aromatic carbocycles. The number of nitrogens with zero attached hydrogens (tertiary/aromatic N) is 4. The van der Waals surface area contributed by atoms with Gasteiger partial charge in [0.2, 0.25) is 0 Å². The first-order valence-corrected chi connectivity index (χ1v) is 6.60. The van der Waals surface area contributed by atoms with Crippen molar-refractivity contribution in [2.24, 2.45) is 0 Å². The second-order valence-electron chi connectivity index (χ2n) is 5.00. The molecular weight excluding hydrogens is 252 g/mol. The van der Waals surface area contributed by atoms with Crippen LogP contribution in [0.15, 0.2) is 47.8 Å². The van der Waals surface area contributed by atoms with Crippen LogP contribution in [0.3, 0.4) is 0 Å². The van der Waals surface area contributed by atoms with E-state index in [1.165, 1.54) is 0 Å². The van der Waals surface area contributed by atoms with Crippen LogP contribution in [0.25, 0.3) is 10.9 Å². The summed E-state index contributed by atoms with van der Waals surface area (Å²) in [5.74, 6) is 0. The molecule has 0 radical (unpaired) electrons. The SMILES string of the molecule is Cc1cccc2ncn(C(C)Cn3cccn3)c(=O)c12. The van der Waals surface area contributed by atoms with Gasteiger partial charge in [-0.15, -0.1) is 0 Å². The molecule has 0 amide bonds. The quantitative estimate of drug-likeness (QED) is 0.731. The van der Waals surface area contributed by atoms with Crippen molar-refractivity contribution >= 4 is 10.9 Å². The van der Waals surface area contributed by atoms with Gasteiger partial charge in [0.1, 0.15) is 0 Å². The molecule has 0 aliphatic carbocycles. The Morgan fingerprint density at radius 1 is 1.30 bits per heavy atom. The van der Waals surface area contributed by atoms with Gasteiger partial charge in [-0.05, 0) is 31.5 Å². The Kier molecular flexibility index (Phi) is 3.10. The summed E-state index contributed by atoms with van der Waals surface area (Å²) in [4.78, 5) is 17.0. The molecule has 2 aromatic heterocycles. The van der Waals surface area contributed by atoms with E-state index in [4.69, 9.17) is 0 Å². The van der Waals surface area contributed by atoms with E-state index in [9.17, 15) is 4.79 Å². The highest BCUT2D eigenvalue weighted by Crippen LogP contribution is 2.13. The fourth-order valence-corrected chi connectivity index (χ4v) is 2.43. The molecule has 0 bridgehead atoms. The zero-order chi connectivity index (χ0) is 14.1. The molecule has 0 fully saturated rings.